The highest BCUT2D eigenvalue weighted by atomic mass is 15.4. The summed E-state index contributed by atoms with van der Waals surface area (Å²) in [5, 5.41) is 13.7. The number of anilines is 1. The predicted octanol–water partition coefficient (Wildman–Crippen LogP) is 1.55. The zero-order valence-corrected chi connectivity index (χ0v) is 12.1. The van der Waals surface area contributed by atoms with Gasteiger partial charge in [-0.2, -0.15) is 10.4 Å². The third kappa shape index (κ3) is 2.45. The highest BCUT2D eigenvalue weighted by Crippen LogP contribution is 2.32. The Morgan fingerprint density at radius 3 is 2.79 bits per heavy atom. The van der Waals surface area contributed by atoms with Crippen molar-refractivity contribution in [2.75, 3.05) is 18.5 Å². The van der Waals surface area contributed by atoms with Crippen molar-refractivity contribution in [1.82, 2.24) is 9.78 Å². The Morgan fingerprint density at radius 1 is 1.47 bits per heavy atom. The highest BCUT2D eigenvalue weighted by molar-refractivity contribution is 5.57. The number of rotatable bonds is 3. The number of aryl methyl sites for hydroxylation is 2. The summed E-state index contributed by atoms with van der Waals surface area (Å²) in [6, 6.07) is 2.70. The van der Waals surface area contributed by atoms with Crippen LogP contribution in [0.2, 0.25) is 0 Å². The maximum atomic E-state index is 9.33. The number of nitriles is 1. The lowest BCUT2D eigenvalue weighted by Gasteiger charge is -2.38. The van der Waals surface area contributed by atoms with E-state index in [1.807, 2.05) is 18.7 Å². The SMILES string of the molecule is Cc1nn(C)c(N(C)C2CCCCC2CN)c1C#N. The van der Waals surface area contributed by atoms with E-state index in [1.54, 1.807) is 0 Å². The van der Waals surface area contributed by atoms with Crippen LogP contribution < -0.4 is 10.6 Å². The molecule has 1 aliphatic carbocycles. The molecule has 0 bridgehead atoms. The van der Waals surface area contributed by atoms with Crippen LogP contribution in [0.15, 0.2) is 0 Å². The molecule has 2 atom stereocenters. The summed E-state index contributed by atoms with van der Waals surface area (Å²) in [4.78, 5) is 2.22. The van der Waals surface area contributed by atoms with E-state index < -0.39 is 0 Å². The van der Waals surface area contributed by atoms with Crippen molar-refractivity contribution in [2.24, 2.45) is 18.7 Å². The molecule has 0 spiro atoms. The normalized spacial score (nSPS) is 23.1. The average Bonchev–Trinajstić information content (AvgIpc) is 2.71. The summed E-state index contributed by atoms with van der Waals surface area (Å²) in [6.07, 6.45) is 4.84. The maximum Gasteiger partial charge on any atom is 0.144 e. The van der Waals surface area contributed by atoms with Crippen LogP contribution in [0.3, 0.4) is 0 Å². The molecule has 1 aromatic rings. The zero-order chi connectivity index (χ0) is 14.0. The molecule has 5 nitrogen and oxygen atoms in total. The smallest absolute Gasteiger partial charge is 0.144 e. The number of aromatic nitrogens is 2. The molecule has 0 amide bonds. The van der Waals surface area contributed by atoms with Crippen molar-refractivity contribution in [1.29, 1.82) is 5.26 Å². The van der Waals surface area contributed by atoms with Crippen LogP contribution in [-0.4, -0.2) is 29.4 Å². The minimum Gasteiger partial charge on any atom is -0.355 e. The van der Waals surface area contributed by atoms with E-state index >= 15 is 0 Å². The Morgan fingerprint density at radius 2 is 2.16 bits per heavy atom. The van der Waals surface area contributed by atoms with E-state index in [4.69, 9.17) is 5.73 Å². The number of nitrogens with two attached hydrogens (primary N) is 1. The molecule has 0 radical (unpaired) electrons. The average molecular weight is 261 g/mol. The van der Waals surface area contributed by atoms with E-state index in [-0.39, 0.29) is 0 Å². The van der Waals surface area contributed by atoms with E-state index in [0.717, 1.165) is 17.9 Å². The third-order valence-electron chi connectivity index (χ3n) is 4.31. The van der Waals surface area contributed by atoms with Crippen molar-refractivity contribution < 1.29 is 0 Å². The van der Waals surface area contributed by atoms with Crippen molar-refractivity contribution >= 4 is 5.82 Å². The first-order valence-electron chi connectivity index (χ1n) is 6.96. The maximum absolute atomic E-state index is 9.33. The van der Waals surface area contributed by atoms with Gasteiger partial charge in [-0.3, -0.25) is 4.68 Å². The molecular formula is C14H23N5. The lowest BCUT2D eigenvalue weighted by molar-refractivity contribution is 0.304. The van der Waals surface area contributed by atoms with Crippen LogP contribution in [0, 0.1) is 24.2 Å². The first-order valence-corrected chi connectivity index (χ1v) is 6.96. The quantitative estimate of drug-likeness (QED) is 0.896. The molecule has 1 saturated carbocycles. The number of hydrogen-bond donors (Lipinski definition) is 1. The van der Waals surface area contributed by atoms with Crippen molar-refractivity contribution in [3.05, 3.63) is 11.3 Å². The number of hydrogen-bond acceptors (Lipinski definition) is 4. The first-order chi connectivity index (χ1) is 9.10. The molecule has 0 saturated heterocycles. The summed E-state index contributed by atoms with van der Waals surface area (Å²) in [7, 11) is 3.97. The van der Waals surface area contributed by atoms with Gasteiger partial charge in [0.2, 0.25) is 0 Å². The summed E-state index contributed by atoms with van der Waals surface area (Å²) in [5.74, 6) is 1.44. The van der Waals surface area contributed by atoms with Gasteiger partial charge in [-0.05, 0) is 32.2 Å². The lowest BCUT2D eigenvalue weighted by Crippen LogP contribution is -2.44. The Labute approximate surface area is 115 Å². The van der Waals surface area contributed by atoms with Crippen molar-refractivity contribution in [3.63, 3.8) is 0 Å². The van der Waals surface area contributed by atoms with Gasteiger partial charge >= 0.3 is 0 Å². The molecule has 5 heteroatoms. The van der Waals surface area contributed by atoms with Gasteiger partial charge in [-0.25, -0.2) is 0 Å². The molecule has 1 fully saturated rings. The molecule has 104 valence electrons. The van der Waals surface area contributed by atoms with Gasteiger partial charge in [0.05, 0.1) is 5.69 Å². The molecule has 2 N–H and O–H groups in total. The monoisotopic (exact) mass is 261 g/mol. The molecule has 2 unspecified atom stereocenters. The second kappa shape index (κ2) is 5.62. The minimum atomic E-state index is 0.417. The largest absolute Gasteiger partial charge is 0.355 e. The van der Waals surface area contributed by atoms with Gasteiger partial charge in [0.1, 0.15) is 17.5 Å². The van der Waals surface area contributed by atoms with Crippen molar-refractivity contribution in [2.45, 2.75) is 38.6 Å². The third-order valence-corrected chi connectivity index (χ3v) is 4.31. The molecule has 1 heterocycles. The Balaban J connectivity index is 2.33. The number of nitrogens with zero attached hydrogens (tertiary/aromatic N) is 4. The predicted molar refractivity (Wildman–Crippen MR) is 75.9 cm³/mol. The zero-order valence-electron chi connectivity index (χ0n) is 12.1. The first kappa shape index (κ1) is 13.9. The van der Waals surface area contributed by atoms with Crippen LogP contribution in [0.1, 0.15) is 36.9 Å². The van der Waals surface area contributed by atoms with E-state index in [2.05, 4.69) is 23.1 Å². The standard InChI is InChI=1S/C14H23N5/c1-10-12(9-16)14(19(3)17-10)18(2)13-7-5-4-6-11(13)8-15/h11,13H,4-8,15H2,1-3H3. The van der Waals surface area contributed by atoms with Crippen LogP contribution in [0.4, 0.5) is 5.82 Å². The topological polar surface area (TPSA) is 70.9 Å². The van der Waals surface area contributed by atoms with Gasteiger partial charge in [-0.15, -0.1) is 0 Å². The van der Waals surface area contributed by atoms with Gasteiger partial charge in [0, 0.05) is 20.1 Å². The summed E-state index contributed by atoms with van der Waals surface area (Å²) in [5.41, 5.74) is 7.39. The Kier molecular flexibility index (Phi) is 4.11. The van der Waals surface area contributed by atoms with Crippen LogP contribution in [0.5, 0.6) is 0 Å². The van der Waals surface area contributed by atoms with Gasteiger partial charge in [0.25, 0.3) is 0 Å². The second-order valence-corrected chi connectivity index (χ2v) is 5.48. The molecule has 1 aromatic heterocycles. The molecule has 0 aliphatic heterocycles. The van der Waals surface area contributed by atoms with Gasteiger partial charge < -0.3 is 10.6 Å². The van der Waals surface area contributed by atoms with Gasteiger partial charge in [-0.1, -0.05) is 12.8 Å². The molecular weight excluding hydrogens is 238 g/mol. The Hall–Kier alpha value is -1.54. The van der Waals surface area contributed by atoms with E-state index in [9.17, 15) is 5.26 Å². The summed E-state index contributed by atoms with van der Waals surface area (Å²) >= 11 is 0. The fourth-order valence-electron chi connectivity index (χ4n) is 3.31. The van der Waals surface area contributed by atoms with Crippen LogP contribution in [0.25, 0.3) is 0 Å². The van der Waals surface area contributed by atoms with Crippen LogP contribution in [-0.2, 0) is 7.05 Å². The van der Waals surface area contributed by atoms with Crippen molar-refractivity contribution in [3.8, 4) is 6.07 Å². The highest BCUT2D eigenvalue weighted by Gasteiger charge is 2.30. The Bertz CT molecular complexity index is 485. The summed E-state index contributed by atoms with van der Waals surface area (Å²) in [6.45, 7) is 2.60. The lowest BCUT2D eigenvalue weighted by atomic mass is 9.83. The molecule has 2 rings (SSSR count). The van der Waals surface area contributed by atoms with E-state index in [0.29, 0.717) is 24.1 Å². The minimum absolute atomic E-state index is 0.417. The molecule has 0 aromatic carbocycles. The second-order valence-electron chi connectivity index (χ2n) is 5.48. The van der Waals surface area contributed by atoms with Gasteiger partial charge in [0.15, 0.2) is 0 Å². The fourth-order valence-corrected chi connectivity index (χ4v) is 3.31. The molecule has 19 heavy (non-hydrogen) atoms. The van der Waals surface area contributed by atoms with E-state index in [1.165, 1.54) is 19.3 Å². The molecule has 1 aliphatic rings. The fraction of sp³-hybridized carbons (Fsp3) is 0.714. The summed E-state index contributed by atoms with van der Waals surface area (Å²) < 4.78 is 1.82. The van der Waals surface area contributed by atoms with Crippen LogP contribution >= 0.6 is 0 Å².